The van der Waals surface area contributed by atoms with Gasteiger partial charge in [-0.2, -0.15) is 26.3 Å². The van der Waals surface area contributed by atoms with Gasteiger partial charge in [0, 0.05) is 0 Å². The lowest BCUT2D eigenvalue weighted by atomic mass is 9.83. The van der Waals surface area contributed by atoms with E-state index in [9.17, 15) is 26.3 Å². The van der Waals surface area contributed by atoms with E-state index >= 15 is 0 Å². The summed E-state index contributed by atoms with van der Waals surface area (Å²) < 4.78 is 74.4. The van der Waals surface area contributed by atoms with Crippen molar-refractivity contribution in [3.63, 3.8) is 0 Å². The molecule has 0 aromatic carbocycles. The van der Waals surface area contributed by atoms with Crippen LogP contribution in [0.25, 0.3) is 0 Å². The summed E-state index contributed by atoms with van der Waals surface area (Å²) in [6.45, 7) is 5.46. The van der Waals surface area contributed by atoms with Gasteiger partial charge in [-0.25, -0.2) is 0 Å². The van der Waals surface area contributed by atoms with Crippen molar-refractivity contribution in [3.05, 3.63) is 12.2 Å². The molecule has 0 fully saturated rings. The summed E-state index contributed by atoms with van der Waals surface area (Å²) in [6.07, 6.45) is -8.58. The van der Waals surface area contributed by atoms with E-state index in [1.165, 1.54) is 0 Å². The van der Waals surface area contributed by atoms with Crippen molar-refractivity contribution < 1.29 is 31.4 Å². The standard InChI is InChI=1S/C13H20F6O/c1-4-5-7-10(2,3)8-6-9-11(20,12(14,15)16)13(17,18)19/h6,9,20H,4-5,7-8H2,1-3H3/b9-6+. The summed E-state index contributed by atoms with van der Waals surface area (Å²) >= 11 is 0. The second-order valence-corrected chi connectivity index (χ2v) is 5.64. The van der Waals surface area contributed by atoms with E-state index in [1.54, 1.807) is 13.8 Å². The van der Waals surface area contributed by atoms with Gasteiger partial charge in [-0.1, -0.05) is 39.7 Å². The van der Waals surface area contributed by atoms with E-state index in [-0.39, 0.29) is 12.5 Å². The van der Waals surface area contributed by atoms with Crippen molar-refractivity contribution >= 4 is 0 Å². The molecule has 0 aliphatic heterocycles. The molecule has 7 heteroatoms. The number of hydrogen-bond acceptors (Lipinski definition) is 1. The van der Waals surface area contributed by atoms with Crippen LogP contribution in [0, 0.1) is 5.41 Å². The summed E-state index contributed by atoms with van der Waals surface area (Å²) in [6, 6.07) is 0. The molecule has 0 unspecified atom stereocenters. The van der Waals surface area contributed by atoms with Crippen molar-refractivity contribution in [1.82, 2.24) is 0 Å². The highest BCUT2D eigenvalue weighted by Crippen LogP contribution is 2.44. The highest BCUT2D eigenvalue weighted by atomic mass is 19.4. The third kappa shape index (κ3) is 5.00. The van der Waals surface area contributed by atoms with Crippen LogP contribution in [0.3, 0.4) is 0 Å². The normalized spacial score (nSPS) is 15.1. The summed E-state index contributed by atoms with van der Waals surface area (Å²) in [7, 11) is 0. The first-order chi connectivity index (χ1) is 8.77. The lowest BCUT2D eigenvalue weighted by Gasteiger charge is -2.30. The predicted molar refractivity (Wildman–Crippen MR) is 64.1 cm³/mol. The Balaban J connectivity index is 5.00. The predicted octanol–water partition coefficient (Wildman–Crippen LogP) is 5.00. The van der Waals surface area contributed by atoms with Crippen LogP contribution in [0.5, 0.6) is 0 Å². The lowest BCUT2D eigenvalue weighted by Crippen LogP contribution is -2.55. The van der Waals surface area contributed by atoms with E-state index in [2.05, 4.69) is 0 Å². The molecule has 0 aliphatic rings. The Morgan fingerprint density at radius 3 is 1.75 bits per heavy atom. The Labute approximate surface area is 114 Å². The zero-order valence-corrected chi connectivity index (χ0v) is 11.7. The Hall–Kier alpha value is -0.720. The van der Waals surface area contributed by atoms with E-state index in [4.69, 9.17) is 5.11 Å². The van der Waals surface area contributed by atoms with Gasteiger partial charge in [0.2, 0.25) is 0 Å². The van der Waals surface area contributed by atoms with Crippen LogP contribution in [0.4, 0.5) is 26.3 Å². The minimum absolute atomic E-state index is 0.0292. The van der Waals surface area contributed by atoms with E-state index in [0.717, 1.165) is 18.9 Å². The molecule has 0 aromatic rings. The summed E-state index contributed by atoms with van der Waals surface area (Å²) in [5, 5.41) is 8.92. The van der Waals surface area contributed by atoms with E-state index < -0.39 is 23.4 Å². The molecule has 0 atom stereocenters. The smallest absolute Gasteiger partial charge is 0.370 e. The van der Waals surface area contributed by atoms with E-state index in [0.29, 0.717) is 6.42 Å². The molecule has 0 aromatic heterocycles. The van der Waals surface area contributed by atoms with Crippen LogP contribution in [0.2, 0.25) is 0 Å². The second-order valence-electron chi connectivity index (χ2n) is 5.64. The maximum atomic E-state index is 12.4. The molecule has 1 nitrogen and oxygen atoms in total. The minimum atomic E-state index is -5.80. The van der Waals surface area contributed by atoms with Crippen molar-refractivity contribution in [2.24, 2.45) is 5.41 Å². The molecule has 0 saturated carbocycles. The highest BCUT2D eigenvalue weighted by molar-refractivity contribution is 5.11. The van der Waals surface area contributed by atoms with Crippen LogP contribution in [0.15, 0.2) is 12.2 Å². The van der Waals surface area contributed by atoms with Crippen LogP contribution in [-0.4, -0.2) is 23.1 Å². The lowest BCUT2D eigenvalue weighted by molar-refractivity contribution is -0.347. The zero-order chi connectivity index (χ0) is 16.2. The summed E-state index contributed by atoms with van der Waals surface area (Å²) in [5.74, 6) is 0. The fourth-order valence-electron chi connectivity index (χ4n) is 1.66. The van der Waals surface area contributed by atoms with Crippen molar-refractivity contribution in [1.29, 1.82) is 0 Å². The first-order valence-corrected chi connectivity index (χ1v) is 6.30. The molecule has 0 bridgehead atoms. The summed E-state index contributed by atoms with van der Waals surface area (Å²) in [5.41, 5.74) is -5.20. The summed E-state index contributed by atoms with van der Waals surface area (Å²) in [4.78, 5) is 0. The average molecular weight is 306 g/mol. The van der Waals surface area contributed by atoms with Gasteiger partial charge in [-0.15, -0.1) is 0 Å². The van der Waals surface area contributed by atoms with E-state index in [1.807, 2.05) is 6.92 Å². The van der Waals surface area contributed by atoms with Gasteiger partial charge < -0.3 is 5.11 Å². The number of unbranched alkanes of at least 4 members (excludes halogenated alkanes) is 1. The molecular weight excluding hydrogens is 286 g/mol. The zero-order valence-electron chi connectivity index (χ0n) is 11.7. The Morgan fingerprint density at radius 2 is 1.40 bits per heavy atom. The molecule has 0 radical (unpaired) electrons. The Morgan fingerprint density at radius 1 is 0.950 bits per heavy atom. The van der Waals surface area contributed by atoms with Gasteiger partial charge in [-0.3, -0.25) is 0 Å². The quantitative estimate of drug-likeness (QED) is 0.540. The second kappa shape index (κ2) is 6.37. The molecule has 1 N–H and O–H groups in total. The highest BCUT2D eigenvalue weighted by Gasteiger charge is 2.68. The molecule has 20 heavy (non-hydrogen) atoms. The van der Waals surface area contributed by atoms with Crippen molar-refractivity contribution in [3.8, 4) is 0 Å². The van der Waals surface area contributed by atoms with Crippen molar-refractivity contribution in [2.75, 3.05) is 0 Å². The first kappa shape index (κ1) is 19.3. The Kier molecular flexibility index (Phi) is 6.14. The number of alkyl halides is 6. The monoisotopic (exact) mass is 306 g/mol. The van der Waals surface area contributed by atoms with Gasteiger partial charge in [0.25, 0.3) is 5.60 Å². The van der Waals surface area contributed by atoms with Crippen molar-refractivity contribution in [2.45, 2.75) is 64.4 Å². The minimum Gasteiger partial charge on any atom is -0.370 e. The fourth-order valence-corrected chi connectivity index (χ4v) is 1.66. The molecule has 0 heterocycles. The van der Waals surface area contributed by atoms with Crippen LogP contribution >= 0.6 is 0 Å². The third-order valence-electron chi connectivity index (χ3n) is 3.10. The van der Waals surface area contributed by atoms with Gasteiger partial charge in [0.1, 0.15) is 0 Å². The van der Waals surface area contributed by atoms with Crippen LogP contribution < -0.4 is 0 Å². The topological polar surface area (TPSA) is 20.2 Å². The first-order valence-electron chi connectivity index (χ1n) is 6.30. The molecule has 0 aliphatic carbocycles. The molecule has 0 spiro atoms. The molecule has 120 valence electrons. The number of hydrogen-bond donors (Lipinski definition) is 1. The van der Waals surface area contributed by atoms with Gasteiger partial charge in [0.15, 0.2) is 0 Å². The Bertz CT molecular complexity index is 313. The fraction of sp³-hybridized carbons (Fsp3) is 0.846. The third-order valence-corrected chi connectivity index (χ3v) is 3.10. The number of halogens is 6. The average Bonchev–Trinajstić information content (AvgIpc) is 2.23. The SMILES string of the molecule is CCCCC(C)(C)C/C=C/C(O)(C(F)(F)F)C(F)(F)F. The maximum Gasteiger partial charge on any atom is 0.429 e. The molecular formula is C13H20F6O. The maximum absolute atomic E-state index is 12.4. The van der Waals surface area contributed by atoms with Crippen LogP contribution in [-0.2, 0) is 0 Å². The molecule has 0 amide bonds. The number of allylic oxidation sites excluding steroid dienone is 1. The van der Waals surface area contributed by atoms with Gasteiger partial charge in [-0.05, 0) is 24.3 Å². The largest absolute Gasteiger partial charge is 0.429 e. The molecule has 0 saturated heterocycles. The van der Waals surface area contributed by atoms with Gasteiger partial charge in [0.05, 0.1) is 0 Å². The number of aliphatic hydroxyl groups is 1. The van der Waals surface area contributed by atoms with Gasteiger partial charge >= 0.3 is 12.4 Å². The van der Waals surface area contributed by atoms with Crippen LogP contribution in [0.1, 0.15) is 46.5 Å². The number of rotatable bonds is 6. The molecule has 0 rings (SSSR count).